The molecule has 11 heavy (non-hydrogen) atoms. The maximum atomic E-state index is 10.3. The van der Waals surface area contributed by atoms with Gasteiger partial charge in [0.1, 0.15) is 0 Å². The average Bonchev–Trinajstić information content (AvgIpc) is 1.88. The van der Waals surface area contributed by atoms with E-state index in [9.17, 15) is 14.6 Å². The molecule has 0 spiro atoms. The van der Waals surface area contributed by atoms with Crippen molar-refractivity contribution < 1.29 is 9.90 Å². The van der Waals surface area contributed by atoms with Crippen molar-refractivity contribution in [1.29, 1.82) is 0 Å². The predicted molar refractivity (Wildman–Crippen MR) is 33.9 cm³/mol. The topological polar surface area (TPSA) is 120 Å². The van der Waals surface area contributed by atoms with Crippen LogP contribution in [0.5, 0.6) is 0 Å². The quantitative estimate of drug-likeness (QED) is 0.280. The predicted octanol–water partition coefficient (Wildman–Crippen LogP) is -0.671. The van der Waals surface area contributed by atoms with Crippen molar-refractivity contribution >= 4 is 5.97 Å². The Morgan fingerprint density at radius 3 is 1.91 bits per heavy atom. The fourth-order valence-electron chi connectivity index (χ4n) is 0.303. The molecular weight excluding hydrogens is 156 g/mol. The van der Waals surface area contributed by atoms with Crippen LogP contribution in [-0.2, 0) is 4.79 Å². The number of hydrogen-bond acceptors (Lipinski definition) is 5. The smallest absolute Gasteiger partial charge is 0.353 e. The lowest BCUT2D eigenvalue weighted by molar-refractivity contribution is -0.145. The maximum Gasteiger partial charge on any atom is 0.353 e. The lowest BCUT2D eigenvalue weighted by Crippen LogP contribution is -2.56. The van der Waals surface area contributed by atoms with Gasteiger partial charge in [0.2, 0.25) is 5.66 Å². The minimum atomic E-state index is -1.94. The fourth-order valence-corrected chi connectivity index (χ4v) is 0.303. The summed E-state index contributed by atoms with van der Waals surface area (Å²) in [7, 11) is 0. The van der Waals surface area contributed by atoms with E-state index in [2.05, 4.69) is 10.6 Å². The lowest BCUT2D eigenvalue weighted by Gasteiger charge is -2.19. The van der Waals surface area contributed by atoms with Crippen molar-refractivity contribution in [3.05, 3.63) is 9.81 Å². The summed E-state index contributed by atoms with van der Waals surface area (Å²) in [5, 5.41) is 12.6. The van der Waals surface area contributed by atoms with Crippen LogP contribution in [-0.4, -0.2) is 16.7 Å². The Balaban J connectivity index is 4.35. The Hall–Kier alpha value is -1.73. The molecule has 62 valence electrons. The second-order valence-corrected chi connectivity index (χ2v) is 1.84. The third kappa shape index (κ3) is 2.16. The van der Waals surface area contributed by atoms with Gasteiger partial charge in [0.05, 0.1) is 10.6 Å². The maximum absolute atomic E-state index is 10.3. The molecule has 0 aliphatic rings. The number of nitrogens with zero attached hydrogens (tertiary/aromatic N) is 2. The van der Waals surface area contributed by atoms with Gasteiger partial charge in [-0.2, -0.15) is 0 Å². The van der Waals surface area contributed by atoms with Gasteiger partial charge in [-0.1, -0.05) is 0 Å². The van der Waals surface area contributed by atoms with Crippen LogP contribution in [0.1, 0.15) is 6.92 Å². The van der Waals surface area contributed by atoms with Crippen LogP contribution >= 0.6 is 0 Å². The number of rotatable bonds is 5. The minimum Gasteiger partial charge on any atom is -0.478 e. The summed E-state index contributed by atoms with van der Waals surface area (Å²) in [5.74, 6) is -1.46. The summed E-state index contributed by atoms with van der Waals surface area (Å²) in [4.78, 5) is 29.5. The fraction of sp³-hybridized carbons (Fsp3) is 0.667. The first kappa shape index (κ1) is 9.27. The van der Waals surface area contributed by atoms with Crippen LogP contribution in [0.15, 0.2) is 10.6 Å². The van der Waals surface area contributed by atoms with Crippen LogP contribution in [0, 0.1) is 9.81 Å². The summed E-state index contributed by atoms with van der Waals surface area (Å²) in [5.41, 5.74) is 1.31. The molecule has 0 unspecified atom stereocenters. The average molecular weight is 162 g/mol. The van der Waals surface area contributed by atoms with Gasteiger partial charge in [0, 0.05) is 0 Å². The molecule has 0 rings (SSSR count). The van der Waals surface area contributed by atoms with Gasteiger partial charge in [-0.25, -0.2) is 15.6 Å². The van der Waals surface area contributed by atoms with Crippen molar-refractivity contribution in [2.45, 2.75) is 12.6 Å². The zero-order valence-electron chi connectivity index (χ0n) is 5.57. The molecule has 0 heterocycles. The third-order valence-electron chi connectivity index (χ3n) is 0.966. The van der Waals surface area contributed by atoms with E-state index in [0.29, 0.717) is 0 Å². The monoisotopic (exact) mass is 162 g/mol. The van der Waals surface area contributed by atoms with Crippen molar-refractivity contribution in [3.63, 3.8) is 0 Å². The molecule has 0 saturated carbocycles. The van der Waals surface area contributed by atoms with Gasteiger partial charge in [-0.3, -0.25) is 0 Å². The van der Waals surface area contributed by atoms with Crippen LogP contribution in [0.25, 0.3) is 0 Å². The van der Waals surface area contributed by atoms with Crippen molar-refractivity contribution in [2.24, 2.45) is 10.6 Å². The number of hydrogen-bond donors (Lipinski definition) is 3. The molecule has 0 aromatic heterocycles. The van der Waals surface area contributed by atoms with Gasteiger partial charge >= 0.3 is 5.97 Å². The highest BCUT2D eigenvalue weighted by Gasteiger charge is 2.33. The highest BCUT2D eigenvalue weighted by atomic mass is 16.4. The highest BCUT2D eigenvalue weighted by molar-refractivity contribution is 5.77. The summed E-state index contributed by atoms with van der Waals surface area (Å²) in [6.07, 6.45) is 0. The van der Waals surface area contributed by atoms with Crippen LogP contribution in [0.2, 0.25) is 0 Å². The second kappa shape index (κ2) is 3.44. The van der Waals surface area contributed by atoms with E-state index < -0.39 is 11.6 Å². The molecule has 0 aliphatic carbocycles. The van der Waals surface area contributed by atoms with E-state index in [0.717, 1.165) is 6.92 Å². The Bertz CT molecular complexity index is 170. The molecule has 0 aliphatic heterocycles. The first-order valence-electron chi connectivity index (χ1n) is 2.49. The first-order valence-corrected chi connectivity index (χ1v) is 2.49. The third-order valence-corrected chi connectivity index (χ3v) is 0.966. The van der Waals surface area contributed by atoms with Crippen molar-refractivity contribution in [1.82, 2.24) is 10.9 Å². The Morgan fingerprint density at radius 1 is 1.36 bits per heavy atom. The molecule has 3 N–H and O–H groups in total. The van der Waals surface area contributed by atoms with Crippen LogP contribution in [0.3, 0.4) is 0 Å². The lowest BCUT2D eigenvalue weighted by atomic mass is 10.2. The molecule has 0 saturated heterocycles. The van der Waals surface area contributed by atoms with E-state index in [4.69, 9.17) is 5.11 Å². The van der Waals surface area contributed by atoms with Crippen LogP contribution < -0.4 is 10.9 Å². The summed E-state index contributed by atoms with van der Waals surface area (Å²) < 4.78 is 0. The number of carboxylic acid groups (broad SMARTS) is 1. The van der Waals surface area contributed by atoms with Crippen LogP contribution in [0.4, 0.5) is 0 Å². The zero-order chi connectivity index (χ0) is 8.91. The van der Waals surface area contributed by atoms with E-state index in [1.54, 1.807) is 10.9 Å². The number of nitroso groups, excluding NO2 is 2. The van der Waals surface area contributed by atoms with Gasteiger partial charge < -0.3 is 5.11 Å². The molecule has 8 heteroatoms. The number of aliphatic carboxylic acids is 1. The molecule has 0 bridgehead atoms. The summed E-state index contributed by atoms with van der Waals surface area (Å²) >= 11 is 0. The number of carboxylic acids is 1. The van der Waals surface area contributed by atoms with E-state index in [1.165, 1.54) is 0 Å². The second-order valence-electron chi connectivity index (χ2n) is 1.84. The van der Waals surface area contributed by atoms with Gasteiger partial charge in [-0.15, -0.1) is 9.81 Å². The number of nitrogens with one attached hydrogen (secondary N) is 2. The minimum absolute atomic E-state index is 1.03. The van der Waals surface area contributed by atoms with E-state index in [-0.39, 0.29) is 0 Å². The molecule has 0 radical (unpaired) electrons. The molecule has 0 amide bonds. The standard InChI is InChI=1S/C3H6N4O4/c1-3(2(8)9,4-6-10)5-7-11/h1H3,(H,4,10)(H,5,11)(H,8,9). The Morgan fingerprint density at radius 2 is 1.73 bits per heavy atom. The highest BCUT2D eigenvalue weighted by Crippen LogP contribution is 1.97. The van der Waals surface area contributed by atoms with Crippen molar-refractivity contribution in [3.8, 4) is 0 Å². The van der Waals surface area contributed by atoms with Gasteiger partial charge in [0.25, 0.3) is 0 Å². The first-order chi connectivity index (χ1) is 5.06. The largest absolute Gasteiger partial charge is 0.478 e. The molecular formula is C3H6N4O4. The Kier molecular flexibility index (Phi) is 2.90. The molecule has 0 aromatic rings. The molecule has 0 aromatic carbocycles. The zero-order valence-corrected chi connectivity index (χ0v) is 5.57. The molecule has 0 fully saturated rings. The molecule has 8 nitrogen and oxygen atoms in total. The van der Waals surface area contributed by atoms with E-state index in [1.807, 2.05) is 0 Å². The van der Waals surface area contributed by atoms with Gasteiger partial charge in [-0.05, 0) is 6.92 Å². The summed E-state index contributed by atoms with van der Waals surface area (Å²) in [6.45, 7) is 1.03. The normalized spacial score (nSPS) is 9.91. The van der Waals surface area contributed by atoms with Crippen molar-refractivity contribution in [2.75, 3.05) is 0 Å². The Labute approximate surface area is 60.9 Å². The SMILES string of the molecule is CC(NN=O)(NN=O)C(=O)O. The number of carbonyl (C=O) groups is 1. The molecule has 0 atom stereocenters. The summed E-state index contributed by atoms with van der Waals surface area (Å²) in [6, 6.07) is 0. The van der Waals surface area contributed by atoms with Gasteiger partial charge in [0.15, 0.2) is 0 Å². The van der Waals surface area contributed by atoms with E-state index >= 15 is 0 Å².